The van der Waals surface area contributed by atoms with E-state index in [1.54, 1.807) is 25.1 Å². The smallest absolute Gasteiger partial charge is 0.207 e. The summed E-state index contributed by atoms with van der Waals surface area (Å²) in [5, 5.41) is 0. The lowest BCUT2D eigenvalue weighted by Crippen LogP contribution is -2.24. The second kappa shape index (κ2) is 4.39. The molecule has 0 aromatic heterocycles. The van der Waals surface area contributed by atoms with E-state index in [4.69, 9.17) is 0 Å². The molecule has 3 nitrogen and oxygen atoms in total. The number of nitrogens with one attached hydrogen (secondary N) is 1. The second-order valence-corrected chi connectivity index (χ2v) is 4.64. The SMILES string of the molecule is C=CCNS(=O)(=O)c1ccccc1C. The van der Waals surface area contributed by atoms with Crippen LogP contribution in [0.1, 0.15) is 5.56 Å². The normalized spacial score (nSPS) is 11.2. The van der Waals surface area contributed by atoms with Gasteiger partial charge in [-0.15, -0.1) is 6.58 Å². The molecule has 0 atom stereocenters. The van der Waals surface area contributed by atoms with Gasteiger partial charge in [-0.25, -0.2) is 13.1 Å². The van der Waals surface area contributed by atoms with Gasteiger partial charge in [0.1, 0.15) is 0 Å². The highest BCUT2D eigenvalue weighted by atomic mass is 32.2. The van der Waals surface area contributed by atoms with Gasteiger partial charge in [0, 0.05) is 6.54 Å². The maximum Gasteiger partial charge on any atom is 0.241 e. The number of rotatable bonds is 4. The molecule has 4 heteroatoms. The molecule has 0 aliphatic rings. The van der Waals surface area contributed by atoms with Gasteiger partial charge in [0.25, 0.3) is 0 Å². The molecule has 1 aromatic rings. The fraction of sp³-hybridized carbons (Fsp3) is 0.200. The molecule has 0 amide bonds. The number of hydrogen-bond acceptors (Lipinski definition) is 2. The topological polar surface area (TPSA) is 46.2 Å². The van der Waals surface area contributed by atoms with Crippen molar-refractivity contribution in [2.75, 3.05) is 6.54 Å². The number of sulfonamides is 1. The lowest BCUT2D eigenvalue weighted by Gasteiger charge is -2.06. The lowest BCUT2D eigenvalue weighted by molar-refractivity contribution is 0.585. The van der Waals surface area contributed by atoms with E-state index in [2.05, 4.69) is 11.3 Å². The molecule has 1 N–H and O–H groups in total. The lowest BCUT2D eigenvalue weighted by atomic mass is 10.2. The zero-order valence-electron chi connectivity index (χ0n) is 8.03. The van der Waals surface area contributed by atoms with Crippen LogP contribution in [0.3, 0.4) is 0 Å². The third kappa shape index (κ3) is 2.43. The average molecular weight is 211 g/mol. The molecule has 0 fully saturated rings. The highest BCUT2D eigenvalue weighted by Crippen LogP contribution is 2.13. The van der Waals surface area contributed by atoms with E-state index in [0.29, 0.717) is 4.90 Å². The van der Waals surface area contributed by atoms with Gasteiger partial charge >= 0.3 is 0 Å². The highest BCUT2D eigenvalue weighted by molar-refractivity contribution is 7.89. The Bertz CT molecular complexity index is 424. The van der Waals surface area contributed by atoms with Crippen LogP contribution < -0.4 is 4.72 Å². The summed E-state index contributed by atoms with van der Waals surface area (Å²) in [6.07, 6.45) is 1.51. The monoisotopic (exact) mass is 211 g/mol. The Balaban J connectivity index is 3.04. The molecule has 1 aromatic carbocycles. The van der Waals surface area contributed by atoms with E-state index >= 15 is 0 Å². The van der Waals surface area contributed by atoms with E-state index in [0.717, 1.165) is 5.56 Å². The van der Waals surface area contributed by atoms with Crippen LogP contribution in [-0.2, 0) is 10.0 Å². The highest BCUT2D eigenvalue weighted by Gasteiger charge is 2.14. The predicted molar refractivity (Wildman–Crippen MR) is 56.6 cm³/mol. The molecule has 0 unspecified atom stereocenters. The van der Waals surface area contributed by atoms with Gasteiger partial charge in [-0.05, 0) is 18.6 Å². The van der Waals surface area contributed by atoms with Gasteiger partial charge in [-0.1, -0.05) is 24.3 Å². The van der Waals surface area contributed by atoms with Crippen LogP contribution in [0.4, 0.5) is 0 Å². The first-order valence-electron chi connectivity index (χ1n) is 4.24. The van der Waals surface area contributed by atoms with Crippen LogP contribution in [0.15, 0.2) is 41.8 Å². The van der Waals surface area contributed by atoms with E-state index in [9.17, 15) is 8.42 Å². The maximum atomic E-state index is 11.7. The molecular formula is C10H13NO2S. The summed E-state index contributed by atoms with van der Waals surface area (Å²) in [6.45, 7) is 5.47. The molecule has 14 heavy (non-hydrogen) atoms. The zero-order valence-corrected chi connectivity index (χ0v) is 8.84. The minimum atomic E-state index is -3.37. The maximum absolute atomic E-state index is 11.7. The third-order valence-corrected chi connectivity index (χ3v) is 3.38. The molecule has 0 radical (unpaired) electrons. The zero-order chi connectivity index (χ0) is 10.6. The van der Waals surface area contributed by atoms with Crippen molar-refractivity contribution in [1.29, 1.82) is 0 Å². The second-order valence-electron chi connectivity index (χ2n) is 2.91. The van der Waals surface area contributed by atoms with E-state index in [-0.39, 0.29) is 6.54 Å². The van der Waals surface area contributed by atoms with E-state index in [1.165, 1.54) is 6.08 Å². The van der Waals surface area contributed by atoms with Gasteiger partial charge in [-0.3, -0.25) is 0 Å². The van der Waals surface area contributed by atoms with Crippen molar-refractivity contribution in [1.82, 2.24) is 4.72 Å². The van der Waals surface area contributed by atoms with E-state index in [1.807, 2.05) is 6.07 Å². The summed E-state index contributed by atoms with van der Waals surface area (Å²) in [5.74, 6) is 0. The molecule has 0 aliphatic heterocycles. The largest absolute Gasteiger partial charge is 0.241 e. The summed E-state index contributed by atoms with van der Waals surface area (Å²) in [7, 11) is -3.37. The van der Waals surface area contributed by atoms with Crippen molar-refractivity contribution in [3.63, 3.8) is 0 Å². The van der Waals surface area contributed by atoms with Crippen LogP contribution in [0.2, 0.25) is 0 Å². The predicted octanol–water partition coefficient (Wildman–Crippen LogP) is 1.46. The summed E-state index contributed by atoms with van der Waals surface area (Å²) in [6, 6.07) is 6.86. The fourth-order valence-electron chi connectivity index (χ4n) is 1.10. The van der Waals surface area contributed by atoms with Crippen molar-refractivity contribution in [3.8, 4) is 0 Å². The molecular weight excluding hydrogens is 198 g/mol. The average Bonchev–Trinajstić information content (AvgIpc) is 2.15. The summed E-state index contributed by atoms with van der Waals surface area (Å²) in [4.78, 5) is 0.321. The minimum Gasteiger partial charge on any atom is -0.207 e. The standard InChI is InChI=1S/C10H13NO2S/c1-3-8-11-14(12,13)10-7-5-4-6-9(10)2/h3-7,11H,1,8H2,2H3. The molecule has 1 rings (SSSR count). The Hall–Kier alpha value is -1.13. The Morgan fingerprint density at radius 1 is 1.43 bits per heavy atom. The first-order valence-corrected chi connectivity index (χ1v) is 5.72. The van der Waals surface area contributed by atoms with Crippen LogP contribution >= 0.6 is 0 Å². The summed E-state index contributed by atoms with van der Waals surface area (Å²) < 4.78 is 25.7. The van der Waals surface area contributed by atoms with Gasteiger partial charge in [0.15, 0.2) is 0 Å². The van der Waals surface area contributed by atoms with Crippen LogP contribution in [-0.4, -0.2) is 15.0 Å². The Kier molecular flexibility index (Phi) is 3.43. The van der Waals surface area contributed by atoms with Crippen molar-refractivity contribution >= 4 is 10.0 Å². The van der Waals surface area contributed by atoms with Crippen molar-refractivity contribution in [3.05, 3.63) is 42.5 Å². The Labute approximate surface area is 84.5 Å². The molecule has 0 heterocycles. The number of hydrogen-bond donors (Lipinski definition) is 1. The van der Waals surface area contributed by atoms with E-state index < -0.39 is 10.0 Å². The first-order chi connectivity index (χ1) is 6.58. The van der Waals surface area contributed by atoms with Gasteiger partial charge in [-0.2, -0.15) is 0 Å². The van der Waals surface area contributed by atoms with Crippen LogP contribution in [0.5, 0.6) is 0 Å². The van der Waals surface area contributed by atoms with Crippen LogP contribution in [0.25, 0.3) is 0 Å². The Morgan fingerprint density at radius 3 is 2.64 bits per heavy atom. The Morgan fingerprint density at radius 2 is 2.07 bits per heavy atom. The number of aryl methyl sites for hydroxylation is 1. The quantitative estimate of drug-likeness (QED) is 0.766. The molecule has 0 saturated carbocycles. The van der Waals surface area contributed by atoms with Crippen molar-refractivity contribution in [2.45, 2.75) is 11.8 Å². The van der Waals surface area contributed by atoms with Gasteiger partial charge in [0.05, 0.1) is 4.90 Å². The summed E-state index contributed by atoms with van der Waals surface area (Å²) >= 11 is 0. The van der Waals surface area contributed by atoms with Crippen molar-refractivity contribution in [2.24, 2.45) is 0 Å². The number of benzene rings is 1. The third-order valence-electron chi connectivity index (χ3n) is 1.80. The summed E-state index contributed by atoms with van der Waals surface area (Å²) in [5.41, 5.74) is 0.740. The minimum absolute atomic E-state index is 0.247. The van der Waals surface area contributed by atoms with Crippen molar-refractivity contribution < 1.29 is 8.42 Å². The van der Waals surface area contributed by atoms with Gasteiger partial charge < -0.3 is 0 Å². The molecule has 0 aliphatic carbocycles. The molecule has 0 bridgehead atoms. The first kappa shape index (κ1) is 10.9. The molecule has 0 spiro atoms. The molecule has 0 saturated heterocycles. The van der Waals surface area contributed by atoms with Gasteiger partial charge in [0.2, 0.25) is 10.0 Å². The van der Waals surface area contributed by atoms with Crippen LogP contribution in [0, 0.1) is 6.92 Å². The molecule has 76 valence electrons. The fourth-order valence-corrected chi connectivity index (χ4v) is 2.35.